The van der Waals surface area contributed by atoms with Crippen molar-refractivity contribution in [1.29, 1.82) is 0 Å². The Bertz CT molecular complexity index is 882. The Hall–Kier alpha value is -2.47. The fourth-order valence-electron chi connectivity index (χ4n) is 3.23. The number of H-pyrrole nitrogens is 1. The maximum absolute atomic E-state index is 12.4. The zero-order valence-corrected chi connectivity index (χ0v) is 15.3. The van der Waals surface area contributed by atoms with Gasteiger partial charge in [-0.3, -0.25) is 0 Å². The first-order chi connectivity index (χ1) is 12.2. The SMILES string of the molecule is O=C(Nc1ccc(Br)cc1)N1CCN(c2cccc3[nH]ccc23)CC1. The highest BCUT2D eigenvalue weighted by Gasteiger charge is 2.22. The van der Waals surface area contributed by atoms with E-state index in [4.69, 9.17) is 0 Å². The molecule has 1 fully saturated rings. The lowest BCUT2D eigenvalue weighted by Crippen LogP contribution is -2.50. The van der Waals surface area contributed by atoms with Crippen molar-refractivity contribution in [2.75, 3.05) is 36.4 Å². The van der Waals surface area contributed by atoms with Gasteiger partial charge in [-0.1, -0.05) is 22.0 Å². The van der Waals surface area contributed by atoms with Gasteiger partial charge in [-0.2, -0.15) is 0 Å². The van der Waals surface area contributed by atoms with Gasteiger partial charge in [0.1, 0.15) is 0 Å². The van der Waals surface area contributed by atoms with Gasteiger partial charge in [0.25, 0.3) is 0 Å². The Labute approximate surface area is 154 Å². The zero-order chi connectivity index (χ0) is 17.2. The zero-order valence-electron chi connectivity index (χ0n) is 13.7. The number of piperazine rings is 1. The minimum atomic E-state index is -0.0400. The highest BCUT2D eigenvalue weighted by Crippen LogP contribution is 2.27. The van der Waals surface area contributed by atoms with Gasteiger partial charge in [-0.25, -0.2) is 4.79 Å². The van der Waals surface area contributed by atoms with Crippen LogP contribution in [0.15, 0.2) is 59.2 Å². The minimum Gasteiger partial charge on any atom is -0.367 e. The third-order valence-corrected chi connectivity index (χ3v) is 5.10. The molecule has 3 aromatic rings. The first-order valence-corrected chi connectivity index (χ1v) is 9.12. The molecule has 2 aromatic carbocycles. The summed E-state index contributed by atoms with van der Waals surface area (Å²) < 4.78 is 0.998. The average Bonchev–Trinajstić information content (AvgIpc) is 3.12. The van der Waals surface area contributed by atoms with Gasteiger partial charge in [0, 0.05) is 59.1 Å². The van der Waals surface area contributed by atoms with Crippen molar-refractivity contribution < 1.29 is 4.79 Å². The molecular formula is C19H19BrN4O. The molecule has 0 spiro atoms. The first-order valence-electron chi connectivity index (χ1n) is 8.33. The van der Waals surface area contributed by atoms with Crippen LogP contribution in [0.2, 0.25) is 0 Å². The summed E-state index contributed by atoms with van der Waals surface area (Å²) in [6, 6.07) is 16.0. The van der Waals surface area contributed by atoms with Gasteiger partial charge in [-0.05, 0) is 42.5 Å². The molecule has 1 aliphatic rings. The van der Waals surface area contributed by atoms with Crippen LogP contribution in [0, 0.1) is 0 Å². The molecule has 6 heteroatoms. The smallest absolute Gasteiger partial charge is 0.321 e. The molecule has 0 radical (unpaired) electrons. The molecule has 0 unspecified atom stereocenters. The highest BCUT2D eigenvalue weighted by molar-refractivity contribution is 9.10. The van der Waals surface area contributed by atoms with Gasteiger partial charge < -0.3 is 20.1 Å². The monoisotopic (exact) mass is 398 g/mol. The van der Waals surface area contributed by atoms with Gasteiger partial charge in [0.15, 0.2) is 0 Å². The molecule has 2 heterocycles. The number of aromatic amines is 1. The number of benzene rings is 2. The van der Waals surface area contributed by atoms with Crippen molar-refractivity contribution in [3.8, 4) is 0 Å². The third kappa shape index (κ3) is 3.35. The fourth-order valence-corrected chi connectivity index (χ4v) is 3.50. The molecule has 0 saturated carbocycles. The Morgan fingerprint density at radius 1 is 1.00 bits per heavy atom. The van der Waals surface area contributed by atoms with Crippen LogP contribution < -0.4 is 10.2 Å². The van der Waals surface area contributed by atoms with Crippen molar-refractivity contribution in [2.45, 2.75) is 0 Å². The summed E-state index contributed by atoms with van der Waals surface area (Å²) in [6.07, 6.45) is 1.97. The summed E-state index contributed by atoms with van der Waals surface area (Å²) in [6.45, 7) is 3.09. The van der Waals surface area contributed by atoms with E-state index in [-0.39, 0.29) is 6.03 Å². The molecule has 5 nitrogen and oxygen atoms in total. The van der Waals surface area contributed by atoms with E-state index in [0.29, 0.717) is 13.1 Å². The number of aromatic nitrogens is 1. The van der Waals surface area contributed by atoms with Crippen molar-refractivity contribution >= 4 is 44.2 Å². The van der Waals surface area contributed by atoms with E-state index in [1.165, 1.54) is 11.1 Å². The van der Waals surface area contributed by atoms with Crippen molar-refractivity contribution in [3.63, 3.8) is 0 Å². The summed E-state index contributed by atoms with van der Waals surface area (Å²) in [7, 11) is 0. The van der Waals surface area contributed by atoms with E-state index in [1.54, 1.807) is 0 Å². The molecule has 128 valence electrons. The number of rotatable bonds is 2. The lowest BCUT2D eigenvalue weighted by atomic mass is 10.2. The second-order valence-electron chi connectivity index (χ2n) is 6.13. The molecule has 0 atom stereocenters. The second-order valence-corrected chi connectivity index (χ2v) is 7.04. The molecule has 2 N–H and O–H groups in total. The van der Waals surface area contributed by atoms with Crippen molar-refractivity contribution in [1.82, 2.24) is 9.88 Å². The number of amides is 2. The number of urea groups is 1. The number of hydrogen-bond acceptors (Lipinski definition) is 2. The number of halogens is 1. The number of anilines is 2. The molecule has 0 aliphatic carbocycles. The van der Waals surface area contributed by atoms with E-state index in [0.717, 1.165) is 28.8 Å². The Kier molecular flexibility index (Phi) is 4.36. The molecule has 4 rings (SSSR count). The van der Waals surface area contributed by atoms with Crippen LogP contribution in [-0.2, 0) is 0 Å². The summed E-state index contributed by atoms with van der Waals surface area (Å²) in [5.41, 5.74) is 3.19. The Morgan fingerprint density at radius 3 is 2.52 bits per heavy atom. The second kappa shape index (κ2) is 6.80. The quantitative estimate of drug-likeness (QED) is 0.676. The number of nitrogens with one attached hydrogen (secondary N) is 2. The van der Waals surface area contributed by atoms with Crippen LogP contribution in [0.5, 0.6) is 0 Å². The van der Waals surface area contributed by atoms with Crippen molar-refractivity contribution in [3.05, 3.63) is 59.2 Å². The minimum absolute atomic E-state index is 0.0400. The lowest BCUT2D eigenvalue weighted by Gasteiger charge is -2.36. The molecule has 1 aliphatic heterocycles. The van der Waals surface area contributed by atoms with Gasteiger partial charge >= 0.3 is 6.03 Å². The molecular weight excluding hydrogens is 380 g/mol. The predicted octanol–water partition coefficient (Wildman–Crippen LogP) is 4.28. The normalized spacial score (nSPS) is 14.8. The number of carbonyl (C=O) groups is 1. The van der Waals surface area contributed by atoms with Crippen LogP contribution in [0.1, 0.15) is 0 Å². The van der Waals surface area contributed by atoms with Gasteiger partial charge in [-0.15, -0.1) is 0 Å². The fraction of sp³-hybridized carbons (Fsp3) is 0.211. The average molecular weight is 399 g/mol. The van der Waals surface area contributed by atoms with E-state index in [2.05, 4.69) is 55.4 Å². The molecule has 1 aromatic heterocycles. The highest BCUT2D eigenvalue weighted by atomic mass is 79.9. The molecule has 25 heavy (non-hydrogen) atoms. The van der Waals surface area contributed by atoms with Crippen LogP contribution >= 0.6 is 15.9 Å². The van der Waals surface area contributed by atoms with Crippen LogP contribution in [0.3, 0.4) is 0 Å². The lowest BCUT2D eigenvalue weighted by molar-refractivity contribution is 0.208. The number of fused-ring (bicyclic) bond motifs is 1. The third-order valence-electron chi connectivity index (χ3n) is 4.58. The summed E-state index contributed by atoms with van der Waals surface area (Å²) in [4.78, 5) is 19.9. The van der Waals surface area contributed by atoms with Crippen LogP contribution in [0.4, 0.5) is 16.2 Å². The van der Waals surface area contributed by atoms with E-state index in [1.807, 2.05) is 35.4 Å². The summed E-state index contributed by atoms with van der Waals surface area (Å²) in [5, 5.41) is 4.19. The number of carbonyl (C=O) groups excluding carboxylic acids is 1. The molecule has 2 amide bonds. The van der Waals surface area contributed by atoms with Gasteiger partial charge in [0.2, 0.25) is 0 Å². The maximum Gasteiger partial charge on any atom is 0.321 e. The summed E-state index contributed by atoms with van der Waals surface area (Å²) >= 11 is 3.40. The number of hydrogen-bond donors (Lipinski definition) is 2. The largest absolute Gasteiger partial charge is 0.367 e. The number of nitrogens with zero attached hydrogens (tertiary/aromatic N) is 2. The predicted molar refractivity (Wildman–Crippen MR) is 105 cm³/mol. The molecule has 1 saturated heterocycles. The van der Waals surface area contributed by atoms with E-state index >= 15 is 0 Å². The van der Waals surface area contributed by atoms with Crippen molar-refractivity contribution in [2.24, 2.45) is 0 Å². The first kappa shape index (κ1) is 16.0. The standard InChI is InChI=1S/C19H19BrN4O/c20-14-4-6-15(7-5-14)22-19(25)24-12-10-23(11-13-24)18-3-1-2-17-16(18)8-9-21-17/h1-9,21H,10-13H2,(H,22,25). The summed E-state index contributed by atoms with van der Waals surface area (Å²) in [5.74, 6) is 0. The van der Waals surface area contributed by atoms with E-state index in [9.17, 15) is 4.79 Å². The maximum atomic E-state index is 12.4. The molecule has 0 bridgehead atoms. The Morgan fingerprint density at radius 2 is 1.76 bits per heavy atom. The van der Waals surface area contributed by atoms with Gasteiger partial charge in [0.05, 0.1) is 0 Å². The van der Waals surface area contributed by atoms with Crippen LogP contribution in [-0.4, -0.2) is 42.1 Å². The topological polar surface area (TPSA) is 51.4 Å². The van der Waals surface area contributed by atoms with Crippen LogP contribution in [0.25, 0.3) is 10.9 Å². The Balaban J connectivity index is 1.40. The van der Waals surface area contributed by atoms with E-state index < -0.39 is 0 Å².